The molecule has 0 aromatic heterocycles. The fourth-order valence-corrected chi connectivity index (χ4v) is 2.17. The van der Waals surface area contributed by atoms with Crippen LogP contribution in [0.2, 0.25) is 0 Å². The van der Waals surface area contributed by atoms with Gasteiger partial charge < -0.3 is 10.6 Å². The lowest BCUT2D eigenvalue weighted by molar-refractivity contribution is 0.458. The highest BCUT2D eigenvalue weighted by atomic mass is 14.9. The van der Waals surface area contributed by atoms with Crippen LogP contribution < -0.4 is 10.6 Å². The second kappa shape index (κ2) is 6.77. The van der Waals surface area contributed by atoms with Crippen LogP contribution in [0.15, 0.2) is 30.3 Å². The van der Waals surface area contributed by atoms with Gasteiger partial charge in [-0.3, -0.25) is 0 Å². The molecule has 1 saturated carbocycles. The standard InChI is InChI=1S/C15H24N2/c1-13(15-7-8-15)11-16-9-10-17-12-14-5-3-2-4-6-14/h2-6,13,15-17H,7-12H2,1H3. The van der Waals surface area contributed by atoms with E-state index >= 15 is 0 Å². The van der Waals surface area contributed by atoms with Crippen LogP contribution in [0.25, 0.3) is 0 Å². The van der Waals surface area contributed by atoms with Gasteiger partial charge in [-0.1, -0.05) is 37.3 Å². The molecule has 0 aliphatic heterocycles. The van der Waals surface area contributed by atoms with Crippen molar-refractivity contribution < 1.29 is 0 Å². The summed E-state index contributed by atoms with van der Waals surface area (Å²) in [6.07, 6.45) is 2.91. The highest BCUT2D eigenvalue weighted by Gasteiger charge is 2.27. The van der Waals surface area contributed by atoms with Crippen molar-refractivity contribution in [2.24, 2.45) is 11.8 Å². The van der Waals surface area contributed by atoms with E-state index in [1.54, 1.807) is 0 Å². The molecule has 1 atom stereocenters. The molecule has 0 radical (unpaired) electrons. The van der Waals surface area contributed by atoms with E-state index in [0.717, 1.165) is 31.5 Å². The van der Waals surface area contributed by atoms with Gasteiger partial charge >= 0.3 is 0 Å². The average Bonchev–Trinajstić information content (AvgIpc) is 3.19. The van der Waals surface area contributed by atoms with Gasteiger partial charge in [0.1, 0.15) is 0 Å². The van der Waals surface area contributed by atoms with Crippen LogP contribution in [0, 0.1) is 11.8 Å². The molecule has 17 heavy (non-hydrogen) atoms. The monoisotopic (exact) mass is 232 g/mol. The predicted octanol–water partition coefficient (Wildman–Crippen LogP) is 2.41. The molecule has 2 rings (SSSR count). The minimum atomic E-state index is 0.865. The van der Waals surface area contributed by atoms with E-state index in [-0.39, 0.29) is 0 Å². The third kappa shape index (κ3) is 4.88. The first-order chi connectivity index (χ1) is 8.36. The zero-order valence-electron chi connectivity index (χ0n) is 10.8. The van der Waals surface area contributed by atoms with Gasteiger partial charge in [-0.2, -0.15) is 0 Å². The van der Waals surface area contributed by atoms with Gasteiger partial charge in [-0.15, -0.1) is 0 Å². The molecule has 94 valence electrons. The Hall–Kier alpha value is -0.860. The van der Waals surface area contributed by atoms with Crippen molar-refractivity contribution in [1.82, 2.24) is 10.6 Å². The summed E-state index contributed by atoms with van der Waals surface area (Å²) in [6.45, 7) is 6.64. The second-order valence-corrected chi connectivity index (χ2v) is 5.18. The second-order valence-electron chi connectivity index (χ2n) is 5.18. The van der Waals surface area contributed by atoms with Crippen molar-refractivity contribution in [3.63, 3.8) is 0 Å². The minimum Gasteiger partial charge on any atom is -0.315 e. The number of nitrogens with one attached hydrogen (secondary N) is 2. The maximum Gasteiger partial charge on any atom is 0.0206 e. The molecule has 1 fully saturated rings. The fraction of sp³-hybridized carbons (Fsp3) is 0.600. The molecule has 1 aliphatic carbocycles. The van der Waals surface area contributed by atoms with Gasteiger partial charge in [-0.05, 0) is 36.8 Å². The van der Waals surface area contributed by atoms with E-state index in [4.69, 9.17) is 0 Å². The van der Waals surface area contributed by atoms with Gasteiger partial charge in [-0.25, -0.2) is 0 Å². The molecule has 2 N–H and O–H groups in total. The van der Waals surface area contributed by atoms with Gasteiger partial charge in [0.05, 0.1) is 0 Å². The van der Waals surface area contributed by atoms with Crippen LogP contribution in [0.4, 0.5) is 0 Å². The molecular weight excluding hydrogens is 208 g/mol. The Kier molecular flexibility index (Phi) is 5.02. The van der Waals surface area contributed by atoms with Crippen LogP contribution in [0.1, 0.15) is 25.3 Å². The molecule has 2 nitrogen and oxygen atoms in total. The quantitative estimate of drug-likeness (QED) is 0.673. The largest absolute Gasteiger partial charge is 0.315 e. The summed E-state index contributed by atoms with van der Waals surface area (Å²) >= 11 is 0. The molecule has 1 unspecified atom stereocenters. The van der Waals surface area contributed by atoms with E-state index in [1.807, 2.05) is 0 Å². The number of hydrogen-bond acceptors (Lipinski definition) is 2. The zero-order valence-corrected chi connectivity index (χ0v) is 10.8. The van der Waals surface area contributed by atoms with E-state index in [9.17, 15) is 0 Å². The molecule has 0 spiro atoms. The number of hydrogen-bond donors (Lipinski definition) is 2. The van der Waals surface area contributed by atoms with Gasteiger partial charge in [0.15, 0.2) is 0 Å². The topological polar surface area (TPSA) is 24.1 Å². The summed E-state index contributed by atoms with van der Waals surface area (Å²) in [5.41, 5.74) is 1.36. The van der Waals surface area contributed by atoms with Crippen LogP contribution >= 0.6 is 0 Å². The van der Waals surface area contributed by atoms with Crippen LogP contribution in [-0.4, -0.2) is 19.6 Å². The normalized spacial score (nSPS) is 17.0. The van der Waals surface area contributed by atoms with Crippen molar-refractivity contribution in [2.75, 3.05) is 19.6 Å². The smallest absolute Gasteiger partial charge is 0.0206 e. The molecule has 0 heterocycles. The summed E-state index contributed by atoms with van der Waals surface area (Å²) in [4.78, 5) is 0. The van der Waals surface area contributed by atoms with Crippen molar-refractivity contribution in [3.8, 4) is 0 Å². The first-order valence-corrected chi connectivity index (χ1v) is 6.81. The maximum atomic E-state index is 3.53. The summed E-state index contributed by atoms with van der Waals surface area (Å²) in [7, 11) is 0. The van der Waals surface area contributed by atoms with Crippen molar-refractivity contribution in [2.45, 2.75) is 26.3 Å². The van der Waals surface area contributed by atoms with Crippen LogP contribution in [0.5, 0.6) is 0 Å². The summed E-state index contributed by atoms with van der Waals surface area (Å²) < 4.78 is 0. The highest BCUT2D eigenvalue weighted by Crippen LogP contribution is 2.35. The Morgan fingerprint density at radius 2 is 1.82 bits per heavy atom. The summed E-state index contributed by atoms with van der Waals surface area (Å²) in [5.74, 6) is 1.88. The Labute approximate surface area is 105 Å². The number of rotatable bonds is 8. The lowest BCUT2D eigenvalue weighted by Crippen LogP contribution is -2.30. The van der Waals surface area contributed by atoms with Crippen molar-refractivity contribution in [1.29, 1.82) is 0 Å². The Morgan fingerprint density at radius 3 is 2.53 bits per heavy atom. The number of benzene rings is 1. The Balaban J connectivity index is 1.46. The van der Waals surface area contributed by atoms with E-state index in [2.05, 4.69) is 47.9 Å². The lowest BCUT2D eigenvalue weighted by Gasteiger charge is -2.11. The van der Waals surface area contributed by atoms with Gasteiger partial charge in [0, 0.05) is 19.6 Å². The van der Waals surface area contributed by atoms with E-state index in [0.29, 0.717) is 0 Å². The molecular formula is C15H24N2. The zero-order chi connectivity index (χ0) is 11.9. The minimum absolute atomic E-state index is 0.865. The van der Waals surface area contributed by atoms with Crippen LogP contribution in [-0.2, 0) is 6.54 Å². The Morgan fingerprint density at radius 1 is 1.12 bits per heavy atom. The highest BCUT2D eigenvalue weighted by molar-refractivity contribution is 5.14. The molecule has 0 amide bonds. The first-order valence-electron chi connectivity index (χ1n) is 6.81. The molecule has 1 aromatic rings. The Bertz CT molecular complexity index is 306. The summed E-state index contributed by atoms with van der Waals surface area (Å²) in [6, 6.07) is 10.6. The van der Waals surface area contributed by atoms with E-state index < -0.39 is 0 Å². The molecule has 1 aliphatic rings. The van der Waals surface area contributed by atoms with E-state index in [1.165, 1.54) is 24.9 Å². The average molecular weight is 232 g/mol. The van der Waals surface area contributed by atoms with Gasteiger partial charge in [0.25, 0.3) is 0 Å². The third-order valence-corrected chi connectivity index (χ3v) is 3.54. The SMILES string of the molecule is CC(CNCCNCc1ccccc1)C1CC1. The maximum absolute atomic E-state index is 3.53. The van der Waals surface area contributed by atoms with Crippen LogP contribution in [0.3, 0.4) is 0 Å². The van der Waals surface area contributed by atoms with Gasteiger partial charge in [0.2, 0.25) is 0 Å². The fourth-order valence-electron chi connectivity index (χ4n) is 2.17. The molecule has 1 aromatic carbocycles. The third-order valence-electron chi connectivity index (χ3n) is 3.54. The lowest BCUT2D eigenvalue weighted by atomic mass is 10.1. The molecule has 0 bridgehead atoms. The summed E-state index contributed by atoms with van der Waals surface area (Å²) in [5, 5.41) is 6.99. The van der Waals surface area contributed by atoms with Crippen molar-refractivity contribution in [3.05, 3.63) is 35.9 Å². The molecule has 2 heteroatoms. The molecule has 0 saturated heterocycles. The van der Waals surface area contributed by atoms with Crippen molar-refractivity contribution >= 4 is 0 Å². The first kappa shape index (κ1) is 12.6. The predicted molar refractivity (Wildman–Crippen MR) is 72.9 cm³/mol.